The third kappa shape index (κ3) is 6.88. The Kier molecular flexibility index (Phi) is 9.42. The summed E-state index contributed by atoms with van der Waals surface area (Å²) in [7, 11) is 1.58. The molecule has 2 aliphatic heterocycles. The molecule has 1 unspecified atom stereocenters. The van der Waals surface area contributed by atoms with Crippen LogP contribution >= 0.6 is 0 Å². The normalized spacial score (nSPS) is 18.1. The fourth-order valence-corrected chi connectivity index (χ4v) is 4.81. The number of nitrogens with one attached hydrogen (secondary N) is 2. The van der Waals surface area contributed by atoms with Crippen molar-refractivity contribution in [3.63, 3.8) is 0 Å². The SMILES string of the molecule is COc1ccc(NC(=O)NC2C(=O)N(CCC(C)C)c3ccccc3N(CCN3CCOCC3)C2=O)c(C)c1. The van der Waals surface area contributed by atoms with Gasteiger partial charge in [0.15, 0.2) is 6.04 Å². The maximum atomic E-state index is 14.0. The van der Waals surface area contributed by atoms with Crippen LogP contribution in [-0.4, -0.2) is 81.8 Å². The molecule has 0 spiro atoms. The molecule has 0 aromatic heterocycles. The van der Waals surface area contributed by atoms with Crippen LogP contribution in [0.1, 0.15) is 25.8 Å². The quantitative estimate of drug-likeness (QED) is 0.476. The molecule has 10 heteroatoms. The molecule has 0 bridgehead atoms. The highest BCUT2D eigenvalue weighted by molar-refractivity contribution is 6.21. The maximum Gasteiger partial charge on any atom is 0.320 e. The topological polar surface area (TPSA) is 103 Å². The monoisotopic (exact) mass is 537 g/mol. The van der Waals surface area contributed by atoms with Gasteiger partial charge in [-0.3, -0.25) is 14.5 Å². The van der Waals surface area contributed by atoms with Crippen LogP contribution < -0.4 is 25.2 Å². The van der Waals surface area contributed by atoms with E-state index in [-0.39, 0.29) is 0 Å². The molecule has 2 aromatic rings. The van der Waals surface area contributed by atoms with Gasteiger partial charge in [0.1, 0.15) is 5.75 Å². The van der Waals surface area contributed by atoms with Gasteiger partial charge >= 0.3 is 6.03 Å². The van der Waals surface area contributed by atoms with E-state index in [9.17, 15) is 14.4 Å². The van der Waals surface area contributed by atoms with Crippen LogP contribution in [0.2, 0.25) is 0 Å². The van der Waals surface area contributed by atoms with Crippen LogP contribution in [0.3, 0.4) is 0 Å². The molecule has 1 saturated heterocycles. The predicted octanol–water partition coefficient (Wildman–Crippen LogP) is 3.25. The number of nitrogens with zero attached hydrogens (tertiary/aromatic N) is 3. The van der Waals surface area contributed by atoms with E-state index in [0.29, 0.717) is 61.6 Å². The number of rotatable bonds is 9. The summed E-state index contributed by atoms with van der Waals surface area (Å²) in [6.45, 7) is 10.4. The number of para-hydroxylation sites is 2. The second-order valence-electron chi connectivity index (χ2n) is 10.3. The van der Waals surface area contributed by atoms with E-state index in [1.807, 2.05) is 31.2 Å². The molecule has 39 heavy (non-hydrogen) atoms. The molecule has 4 rings (SSSR count). The highest BCUT2D eigenvalue weighted by Gasteiger charge is 2.41. The number of benzene rings is 2. The molecule has 0 saturated carbocycles. The Morgan fingerprint density at radius 2 is 1.64 bits per heavy atom. The smallest absolute Gasteiger partial charge is 0.320 e. The lowest BCUT2D eigenvalue weighted by atomic mass is 10.1. The van der Waals surface area contributed by atoms with Gasteiger partial charge in [-0.1, -0.05) is 26.0 Å². The Balaban J connectivity index is 1.61. The lowest BCUT2D eigenvalue weighted by Gasteiger charge is -2.31. The first-order chi connectivity index (χ1) is 18.8. The highest BCUT2D eigenvalue weighted by Crippen LogP contribution is 2.34. The van der Waals surface area contributed by atoms with E-state index < -0.39 is 23.9 Å². The second-order valence-corrected chi connectivity index (χ2v) is 10.3. The molecular formula is C29H39N5O5. The highest BCUT2D eigenvalue weighted by atomic mass is 16.5. The van der Waals surface area contributed by atoms with Crippen molar-refractivity contribution >= 4 is 34.9 Å². The van der Waals surface area contributed by atoms with Crippen molar-refractivity contribution in [1.82, 2.24) is 10.2 Å². The summed E-state index contributed by atoms with van der Waals surface area (Å²) < 4.78 is 10.7. The van der Waals surface area contributed by atoms with E-state index >= 15 is 0 Å². The molecule has 2 aliphatic rings. The van der Waals surface area contributed by atoms with E-state index in [1.165, 1.54) is 0 Å². The Morgan fingerprint density at radius 3 is 2.23 bits per heavy atom. The number of hydrogen-bond donors (Lipinski definition) is 2. The van der Waals surface area contributed by atoms with Crippen molar-refractivity contribution < 1.29 is 23.9 Å². The molecule has 10 nitrogen and oxygen atoms in total. The Hall–Kier alpha value is -3.63. The van der Waals surface area contributed by atoms with Crippen LogP contribution in [0.25, 0.3) is 0 Å². The number of ether oxygens (including phenoxy) is 2. The van der Waals surface area contributed by atoms with Crippen LogP contribution in [-0.2, 0) is 14.3 Å². The zero-order chi connectivity index (χ0) is 27.9. The summed E-state index contributed by atoms with van der Waals surface area (Å²) in [5.41, 5.74) is 2.70. The lowest BCUT2D eigenvalue weighted by molar-refractivity contribution is -0.129. The number of amides is 4. The third-order valence-electron chi connectivity index (χ3n) is 7.12. The zero-order valence-electron chi connectivity index (χ0n) is 23.2. The Labute approximate surface area is 230 Å². The lowest BCUT2D eigenvalue weighted by Crippen LogP contribution is -2.57. The van der Waals surface area contributed by atoms with Gasteiger partial charge in [-0.05, 0) is 55.2 Å². The van der Waals surface area contributed by atoms with Gasteiger partial charge in [0.25, 0.3) is 11.8 Å². The predicted molar refractivity (Wildman–Crippen MR) is 152 cm³/mol. The minimum Gasteiger partial charge on any atom is -0.497 e. The van der Waals surface area contributed by atoms with E-state index in [1.54, 1.807) is 35.1 Å². The number of aryl methyl sites for hydroxylation is 1. The molecule has 2 N–H and O–H groups in total. The molecule has 1 atom stereocenters. The fraction of sp³-hybridized carbons (Fsp3) is 0.483. The Morgan fingerprint density at radius 1 is 1.00 bits per heavy atom. The third-order valence-corrected chi connectivity index (χ3v) is 7.12. The first-order valence-corrected chi connectivity index (χ1v) is 13.5. The maximum absolute atomic E-state index is 14.0. The van der Waals surface area contributed by atoms with E-state index in [0.717, 1.165) is 25.1 Å². The number of methoxy groups -OCH3 is 1. The number of urea groups is 1. The van der Waals surface area contributed by atoms with Crippen LogP contribution in [0, 0.1) is 12.8 Å². The second kappa shape index (κ2) is 12.9. The number of fused-ring (bicyclic) bond motifs is 1. The van der Waals surface area contributed by atoms with Gasteiger partial charge in [-0.2, -0.15) is 0 Å². The van der Waals surface area contributed by atoms with Crippen molar-refractivity contribution in [3.05, 3.63) is 48.0 Å². The Bertz CT molecular complexity index is 1180. The molecule has 210 valence electrons. The number of carbonyl (C=O) groups excluding carboxylic acids is 3. The summed E-state index contributed by atoms with van der Waals surface area (Å²) in [6.07, 6.45) is 0.756. The first kappa shape index (κ1) is 28.4. The molecular weight excluding hydrogens is 498 g/mol. The number of morpholine rings is 1. The van der Waals surface area contributed by atoms with Gasteiger partial charge in [0.05, 0.1) is 31.7 Å². The summed E-state index contributed by atoms with van der Waals surface area (Å²) in [5.74, 6) is 0.133. The summed E-state index contributed by atoms with van der Waals surface area (Å²) in [6, 6.07) is 10.7. The van der Waals surface area contributed by atoms with Gasteiger partial charge in [-0.25, -0.2) is 4.79 Å². The van der Waals surface area contributed by atoms with Gasteiger partial charge < -0.3 is 29.9 Å². The largest absolute Gasteiger partial charge is 0.497 e. The van der Waals surface area contributed by atoms with E-state index in [2.05, 4.69) is 29.4 Å². The van der Waals surface area contributed by atoms with Gasteiger partial charge in [-0.15, -0.1) is 0 Å². The minimum absolute atomic E-state index is 0.356. The average Bonchev–Trinajstić information content (AvgIpc) is 3.01. The van der Waals surface area contributed by atoms with Crippen molar-refractivity contribution in [2.24, 2.45) is 5.92 Å². The number of hydrogen-bond acceptors (Lipinski definition) is 6. The first-order valence-electron chi connectivity index (χ1n) is 13.5. The summed E-state index contributed by atoms with van der Waals surface area (Å²) in [4.78, 5) is 46.6. The van der Waals surface area contributed by atoms with Crippen molar-refractivity contribution in [2.75, 3.05) is 68.2 Å². The molecule has 4 amide bonds. The number of anilines is 3. The van der Waals surface area contributed by atoms with Crippen LogP contribution in [0.15, 0.2) is 42.5 Å². The van der Waals surface area contributed by atoms with E-state index in [4.69, 9.17) is 9.47 Å². The minimum atomic E-state index is -1.37. The van der Waals surface area contributed by atoms with Crippen molar-refractivity contribution in [3.8, 4) is 5.75 Å². The molecule has 0 radical (unpaired) electrons. The van der Waals surface area contributed by atoms with Crippen molar-refractivity contribution in [2.45, 2.75) is 33.2 Å². The fourth-order valence-electron chi connectivity index (χ4n) is 4.81. The summed E-state index contributed by atoms with van der Waals surface area (Å²) in [5, 5.41) is 5.47. The van der Waals surface area contributed by atoms with Gasteiger partial charge in [0, 0.05) is 38.4 Å². The van der Waals surface area contributed by atoms with Crippen molar-refractivity contribution in [1.29, 1.82) is 0 Å². The number of carbonyl (C=O) groups is 3. The average molecular weight is 538 g/mol. The zero-order valence-corrected chi connectivity index (χ0v) is 23.2. The molecule has 1 fully saturated rings. The molecule has 2 heterocycles. The van der Waals surface area contributed by atoms with Crippen LogP contribution in [0.4, 0.5) is 21.9 Å². The standard InChI is InChI=1S/C29H39N5O5/c1-20(2)11-12-33-24-7-5-6-8-25(24)34(14-13-32-15-17-39-18-16-32)28(36)26(27(33)35)31-29(37)30-23-10-9-22(38-4)19-21(23)3/h5-10,19-20,26H,11-18H2,1-4H3,(H2,30,31,37). The van der Waals surface area contributed by atoms with Gasteiger partial charge in [0.2, 0.25) is 0 Å². The summed E-state index contributed by atoms with van der Waals surface area (Å²) >= 11 is 0. The molecule has 0 aliphatic carbocycles. The van der Waals surface area contributed by atoms with Crippen LogP contribution in [0.5, 0.6) is 5.75 Å². The molecule has 2 aromatic carbocycles.